The molecule has 0 aliphatic carbocycles. The van der Waals surface area contributed by atoms with E-state index in [0.717, 1.165) is 28.2 Å². The summed E-state index contributed by atoms with van der Waals surface area (Å²) < 4.78 is 5.20. The van der Waals surface area contributed by atoms with Crippen LogP contribution in [0.1, 0.15) is 46.9 Å². The molecule has 0 aromatic heterocycles. The number of benzene rings is 2. The summed E-state index contributed by atoms with van der Waals surface area (Å²) in [5, 5.41) is 0. The normalized spacial score (nSPS) is 18.0. The van der Waals surface area contributed by atoms with Crippen LogP contribution in [0.15, 0.2) is 41.4 Å². The molecule has 1 aliphatic rings. The summed E-state index contributed by atoms with van der Waals surface area (Å²) in [7, 11) is 1.63. The highest BCUT2D eigenvalue weighted by Crippen LogP contribution is 2.37. The smallest absolute Gasteiger partial charge is 0.173 e. The Balaban J connectivity index is 2.19. The molecule has 24 heavy (non-hydrogen) atoms. The molecular weight excluding hydrogens is 300 g/mol. The van der Waals surface area contributed by atoms with Crippen molar-refractivity contribution in [3.05, 3.63) is 58.7 Å². The monoisotopic (exact) mass is 322 g/mol. The number of carbonyl (C=O) groups is 1. The molecule has 4 heteroatoms. The van der Waals surface area contributed by atoms with Gasteiger partial charge in [-0.3, -0.25) is 9.79 Å². The molecule has 0 radical (unpaired) electrons. The molecule has 2 aromatic carbocycles. The van der Waals surface area contributed by atoms with E-state index in [0.29, 0.717) is 11.3 Å². The van der Waals surface area contributed by atoms with Gasteiger partial charge in [0.2, 0.25) is 0 Å². The van der Waals surface area contributed by atoms with Gasteiger partial charge in [0.1, 0.15) is 5.75 Å². The number of carbonyl (C=O) groups excluding carboxylic acids is 1. The number of fused-ring (bicyclic) bond motifs is 1. The van der Waals surface area contributed by atoms with Gasteiger partial charge >= 0.3 is 0 Å². The van der Waals surface area contributed by atoms with Crippen molar-refractivity contribution in [3.8, 4) is 5.75 Å². The molecule has 4 nitrogen and oxygen atoms in total. The molecule has 0 spiro atoms. The number of hydrogen-bond donors (Lipinski definition) is 1. The lowest BCUT2D eigenvalue weighted by Gasteiger charge is -2.24. The quantitative estimate of drug-likeness (QED) is 0.929. The minimum Gasteiger partial charge on any atom is -0.497 e. The fraction of sp³-hybridized carbons (Fsp3) is 0.300. The zero-order valence-corrected chi connectivity index (χ0v) is 14.5. The number of nitrogens with two attached hydrogens (primary N) is 1. The van der Waals surface area contributed by atoms with E-state index in [2.05, 4.69) is 0 Å². The zero-order valence-electron chi connectivity index (χ0n) is 14.5. The van der Waals surface area contributed by atoms with E-state index in [1.165, 1.54) is 0 Å². The Morgan fingerprint density at radius 1 is 1.21 bits per heavy atom. The first-order chi connectivity index (χ1) is 11.4. The third kappa shape index (κ3) is 2.74. The largest absolute Gasteiger partial charge is 0.497 e. The van der Waals surface area contributed by atoms with Crippen LogP contribution >= 0.6 is 0 Å². The summed E-state index contributed by atoms with van der Waals surface area (Å²) in [4.78, 5) is 17.7. The number of ether oxygens (including phenoxy) is 1. The average molecular weight is 322 g/mol. The predicted molar refractivity (Wildman–Crippen MR) is 96.5 cm³/mol. The van der Waals surface area contributed by atoms with Gasteiger partial charge in [0.05, 0.1) is 24.4 Å². The third-order valence-electron chi connectivity index (χ3n) is 4.46. The van der Waals surface area contributed by atoms with Crippen molar-refractivity contribution in [3.63, 3.8) is 0 Å². The fourth-order valence-corrected chi connectivity index (χ4v) is 3.12. The Morgan fingerprint density at radius 3 is 2.46 bits per heavy atom. The molecule has 0 amide bonds. The first kappa shape index (κ1) is 16.4. The second kappa shape index (κ2) is 6.21. The highest BCUT2D eigenvalue weighted by molar-refractivity contribution is 6.23. The lowest BCUT2D eigenvalue weighted by Crippen LogP contribution is -2.26. The summed E-state index contributed by atoms with van der Waals surface area (Å²) in [6.07, 6.45) is 0. The van der Waals surface area contributed by atoms with Crippen LogP contribution in [0, 0.1) is 12.8 Å². The van der Waals surface area contributed by atoms with Crippen LogP contribution in [0.25, 0.3) is 0 Å². The maximum Gasteiger partial charge on any atom is 0.173 e. The number of aryl methyl sites for hydroxylation is 1. The van der Waals surface area contributed by atoms with E-state index < -0.39 is 0 Å². The second-order valence-electron chi connectivity index (χ2n) is 6.35. The number of hydrogen-bond acceptors (Lipinski definition) is 4. The van der Waals surface area contributed by atoms with Gasteiger partial charge in [-0.05, 0) is 67.8 Å². The first-order valence-electron chi connectivity index (χ1n) is 8.09. The van der Waals surface area contributed by atoms with Crippen LogP contribution in [-0.2, 0) is 0 Å². The zero-order chi connectivity index (χ0) is 17.4. The Labute approximate surface area is 142 Å². The van der Waals surface area contributed by atoms with Crippen molar-refractivity contribution in [2.75, 3.05) is 7.11 Å². The molecule has 0 saturated carbocycles. The molecule has 1 aliphatic heterocycles. The number of Topliss-reactive ketones (excluding diaryl/α,β-unsaturated/α-hetero) is 1. The average Bonchev–Trinajstić information content (AvgIpc) is 2.58. The standard InChI is InChI=1S/C20H22N2O2/c1-11-9-16(13(3)21)19-17(10-11)20(23)12(2)18(22-19)14-5-7-15(24-4)8-6-14/h5-10,12-13H,21H2,1-4H3. The number of methoxy groups -OCH3 is 1. The SMILES string of the molecule is COc1ccc(C2=Nc3c(cc(C)cc3C(C)N)C(=O)C2C)cc1. The van der Waals surface area contributed by atoms with Crippen molar-refractivity contribution in [1.82, 2.24) is 0 Å². The third-order valence-corrected chi connectivity index (χ3v) is 4.46. The van der Waals surface area contributed by atoms with E-state index in [1.54, 1.807) is 7.11 Å². The molecule has 124 valence electrons. The van der Waals surface area contributed by atoms with Gasteiger partial charge in [-0.2, -0.15) is 0 Å². The molecular formula is C20H22N2O2. The molecule has 3 rings (SSSR count). The summed E-state index contributed by atoms with van der Waals surface area (Å²) in [6, 6.07) is 11.4. The maximum atomic E-state index is 12.9. The number of aliphatic imine (C=N–C) groups is 1. The summed E-state index contributed by atoms with van der Waals surface area (Å²) in [6.45, 7) is 5.80. The van der Waals surface area contributed by atoms with Gasteiger partial charge in [0.25, 0.3) is 0 Å². The van der Waals surface area contributed by atoms with E-state index in [-0.39, 0.29) is 17.7 Å². The molecule has 0 bridgehead atoms. The molecule has 1 heterocycles. The first-order valence-corrected chi connectivity index (χ1v) is 8.09. The van der Waals surface area contributed by atoms with Crippen LogP contribution in [0.3, 0.4) is 0 Å². The highest BCUT2D eigenvalue weighted by atomic mass is 16.5. The van der Waals surface area contributed by atoms with Crippen molar-refractivity contribution in [2.45, 2.75) is 26.8 Å². The molecule has 2 unspecified atom stereocenters. The number of rotatable bonds is 3. The van der Waals surface area contributed by atoms with Gasteiger partial charge < -0.3 is 10.5 Å². The Morgan fingerprint density at radius 2 is 1.88 bits per heavy atom. The van der Waals surface area contributed by atoms with E-state index in [1.807, 2.05) is 57.2 Å². The molecule has 0 fully saturated rings. The Kier molecular flexibility index (Phi) is 4.24. The lowest BCUT2D eigenvalue weighted by atomic mass is 9.84. The van der Waals surface area contributed by atoms with Gasteiger partial charge in [0.15, 0.2) is 5.78 Å². The molecule has 2 N–H and O–H groups in total. The van der Waals surface area contributed by atoms with Crippen LogP contribution in [0.5, 0.6) is 5.75 Å². The van der Waals surface area contributed by atoms with Crippen LogP contribution < -0.4 is 10.5 Å². The predicted octanol–water partition coefficient (Wildman–Crippen LogP) is 3.98. The maximum absolute atomic E-state index is 12.9. The summed E-state index contributed by atoms with van der Waals surface area (Å²) in [5.74, 6) is 0.589. The Bertz CT molecular complexity index is 820. The topological polar surface area (TPSA) is 64.7 Å². The van der Waals surface area contributed by atoms with Crippen LogP contribution in [-0.4, -0.2) is 18.6 Å². The molecule has 0 saturated heterocycles. The number of nitrogens with zero attached hydrogens (tertiary/aromatic N) is 1. The van der Waals surface area contributed by atoms with Crippen molar-refractivity contribution in [1.29, 1.82) is 0 Å². The summed E-state index contributed by atoms with van der Waals surface area (Å²) in [5.41, 5.74) is 11.2. The number of ketones is 1. The van der Waals surface area contributed by atoms with Gasteiger partial charge in [0, 0.05) is 11.6 Å². The van der Waals surface area contributed by atoms with E-state index in [9.17, 15) is 4.79 Å². The second-order valence-corrected chi connectivity index (χ2v) is 6.35. The van der Waals surface area contributed by atoms with Gasteiger partial charge in [-0.15, -0.1) is 0 Å². The minimum atomic E-state index is -0.284. The van der Waals surface area contributed by atoms with E-state index in [4.69, 9.17) is 15.5 Å². The minimum absolute atomic E-state index is 0.0939. The van der Waals surface area contributed by atoms with Crippen LogP contribution in [0.4, 0.5) is 5.69 Å². The van der Waals surface area contributed by atoms with Gasteiger partial charge in [-0.25, -0.2) is 0 Å². The Hall–Kier alpha value is -2.46. The van der Waals surface area contributed by atoms with Crippen LogP contribution in [0.2, 0.25) is 0 Å². The van der Waals surface area contributed by atoms with Crippen molar-refractivity contribution >= 4 is 17.2 Å². The lowest BCUT2D eigenvalue weighted by molar-refractivity contribution is 0.0960. The van der Waals surface area contributed by atoms with Crippen molar-refractivity contribution in [2.24, 2.45) is 16.6 Å². The fourth-order valence-electron chi connectivity index (χ4n) is 3.12. The van der Waals surface area contributed by atoms with Gasteiger partial charge in [-0.1, -0.05) is 6.07 Å². The molecule has 2 aromatic rings. The summed E-state index contributed by atoms with van der Waals surface area (Å²) >= 11 is 0. The molecule has 2 atom stereocenters. The van der Waals surface area contributed by atoms with Crippen molar-refractivity contribution < 1.29 is 9.53 Å². The van der Waals surface area contributed by atoms with E-state index >= 15 is 0 Å². The highest BCUT2D eigenvalue weighted by Gasteiger charge is 2.30.